The molecule has 8 heteroatoms. The van der Waals surface area contributed by atoms with Gasteiger partial charge in [0, 0.05) is 23.6 Å². The number of hydrogen-bond donors (Lipinski definition) is 1. The van der Waals surface area contributed by atoms with Gasteiger partial charge < -0.3 is 5.32 Å². The molecule has 0 saturated heterocycles. The summed E-state index contributed by atoms with van der Waals surface area (Å²) in [7, 11) is 0. The summed E-state index contributed by atoms with van der Waals surface area (Å²) in [5.74, 6) is -1.68. The van der Waals surface area contributed by atoms with Gasteiger partial charge in [-0.15, -0.1) is 11.3 Å². The summed E-state index contributed by atoms with van der Waals surface area (Å²) in [5, 5.41) is 4.75. The zero-order chi connectivity index (χ0) is 21.3. The largest absolute Gasteiger partial charge is 0.326 e. The van der Waals surface area contributed by atoms with Crippen molar-refractivity contribution >= 4 is 38.9 Å². The van der Waals surface area contributed by atoms with E-state index in [1.54, 1.807) is 0 Å². The molecular formula is C22H16FN3O3S. The number of halogens is 1. The maximum absolute atomic E-state index is 14.4. The first-order valence-corrected chi connectivity index (χ1v) is 9.94. The number of carbonyl (C=O) groups is 2. The van der Waals surface area contributed by atoms with Crippen LogP contribution in [0.1, 0.15) is 17.3 Å². The van der Waals surface area contributed by atoms with Crippen molar-refractivity contribution in [2.45, 2.75) is 13.5 Å². The van der Waals surface area contributed by atoms with Gasteiger partial charge in [0.05, 0.1) is 23.8 Å². The number of nitrogens with zero attached hydrogens (tertiary/aromatic N) is 2. The van der Waals surface area contributed by atoms with Crippen molar-refractivity contribution < 1.29 is 14.0 Å². The molecule has 1 amide bonds. The Kier molecular flexibility index (Phi) is 5.24. The Hall–Kier alpha value is -3.65. The Bertz CT molecular complexity index is 1330. The van der Waals surface area contributed by atoms with Crippen LogP contribution in [0.5, 0.6) is 0 Å². The highest BCUT2D eigenvalue weighted by Crippen LogP contribution is 2.30. The van der Waals surface area contributed by atoms with E-state index in [9.17, 15) is 18.8 Å². The Morgan fingerprint density at radius 2 is 1.93 bits per heavy atom. The second-order valence-corrected chi connectivity index (χ2v) is 7.53. The van der Waals surface area contributed by atoms with E-state index < -0.39 is 11.6 Å². The molecule has 0 fully saturated rings. The average molecular weight is 421 g/mol. The molecule has 0 aliphatic rings. The van der Waals surface area contributed by atoms with Crippen LogP contribution in [0.3, 0.4) is 0 Å². The van der Waals surface area contributed by atoms with E-state index in [4.69, 9.17) is 0 Å². The molecule has 30 heavy (non-hydrogen) atoms. The summed E-state index contributed by atoms with van der Waals surface area (Å²) in [6, 6.07) is 13.2. The lowest BCUT2D eigenvalue weighted by molar-refractivity contribution is -0.114. The first-order chi connectivity index (χ1) is 14.4. The highest BCUT2D eigenvalue weighted by molar-refractivity contribution is 7.17. The number of rotatable bonds is 5. The molecule has 6 nitrogen and oxygen atoms in total. The molecule has 0 unspecified atom stereocenters. The number of Topliss-reactive ketones (excluding diaryl/α,β-unsaturated/α-hetero) is 1. The number of hydrogen-bond acceptors (Lipinski definition) is 5. The van der Waals surface area contributed by atoms with Gasteiger partial charge in [0.15, 0.2) is 5.78 Å². The van der Waals surface area contributed by atoms with Crippen molar-refractivity contribution in [3.8, 4) is 11.1 Å². The molecule has 1 N–H and O–H groups in total. The van der Waals surface area contributed by atoms with Gasteiger partial charge in [-0.05, 0) is 23.8 Å². The number of carbonyl (C=O) groups excluding carboxylic acids is 2. The maximum Gasteiger partial charge on any atom is 0.263 e. The second-order valence-electron chi connectivity index (χ2n) is 6.67. The minimum Gasteiger partial charge on any atom is -0.326 e. The molecule has 2 heterocycles. The Morgan fingerprint density at radius 3 is 2.63 bits per heavy atom. The Labute approximate surface area is 174 Å². The van der Waals surface area contributed by atoms with E-state index in [1.165, 1.54) is 41.3 Å². The quantitative estimate of drug-likeness (QED) is 0.492. The van der Waals surface area contributed by atoms with Crippen LogP contribution < -0.4 is 10.9 Å². The monoisotopic (exact) mass is 421 g/mol. The number of amides is 1. The fraction of sp³-hybridized carbons (Fsp3) is 0.0909. The van der Waals surface area contributed by atoms with E-state index in [-0.39, 0.29) is 29.3 Å². The van der Waals surface area contributed by atoms with Crippen LogP contribution in [0.4, 0.5) is 10.1 Å². The van der Waals surface area contributed by atoms with Crippen LogP contribution in [0.2, 0.25) is 0 Å². The summed E-state index contributed by atoms with van der Waals surface area (Å²) in [6.07, 6.45) is 1.30. The van der Waals surface area contributed by atoms with Crippen molar-refractivity contribution in [3.63, 3.8) is 0 Å². The lowest BCUT2D eigenvalue weighted by atomic mass is 10.1. The number of benzene rings is 2. The fourth-order valence-electron chi connectivity index (χ4n) is 3.17. The van der Waals surface area contributed by atoms with E-state index in [0.717, 1.165) is 17.2 Å². The van der Waals surface area contributed by atoms with E-state index in [2.05, 4.69) is 10.3 Å². The highest BCUT2D eigenvalue weighted by atomic mass is 32.1. The molecule has 2 aromatic heterocycles. The molecule has 4 rings (SSSR count). The smallest absolute Gasteiger partial charge is 0.263 e. The summed E-state index contributed by atoms with van der Waals surface area (Å²) in [4.78, 5) is 41.6. The molecule has 150 valence electrons. The summed E-state index contributed by atoms with van der Waals surface area (Å²) >= 11 is 1.35. The number of nitrogens with one attached hydrogen (secondary N) is 1. The third-order valence-corrected chi connectivity index (χ3v) is 5.44. The predicted molar refractivity (Wildman–Crippen MR) is 114 cm³/mol. The average Bonchev–Trinajstić information content (AvgIpc) is 3.15. The molecule has 0 spiro atoms. The normalized spacial score (nSPS) is 10.9. The minimum absolute atomic E-state index is 0.162. The first-order valence-electron chi connectivity index (χ1n) is 9.06. The summed E-state index contributed by atoms with van der Waals surface area (Å²) < 4.78 is 15.6. The zero-order valence-electron chi connectivity index (χ0n) is 15.9. The topological polar surface area (TPSA) is 81.1 Å². The minimum atomic E-state index is -0.770. The SMILES string of the molecule is CC(=O)Nc1ccc(C(=O)Cn2cnc3scc(-c4ccccc4)c3c2=O)c(F)c1. The van der Waals surface area contributed by atoms with Crippen LogP contribution in [0, 0.1) is 5.82 Å². The molecule has 4 aromatic rings. The second kappa shape index (κ2) is 8.00. The Morgan fingerprint density at radius 1 is 1.17 bits per heavy atom. The molecule has 0 saturated carbocycles. The van der Waals surface area contributed by atoms with E-state index in [0.29, 0.717) is 10.2 Å². The van der Waals surface area contributed by atoms with Crippen LogP contribution in [0.15, 0.2) is 65.0 Å². The molecular weight excluding hydrogens is 405 g/mol. The molecule has 0 aliphatic heterocycles. The van der Waals surface area contributed by atoms with Crippen LogP contribution >= 0.6 is 11.3 Å². The van der Waals surface area contributed by atoms with E-state index in [1.807, 2.05) is 35.7 Å². The lowest BCUT2D eigenvalue weighted by Crippen LogP contribution is -2.25. The van der Waals surface area contributed by atoms with Crippen molar-refractivity contribution in [1.82, 2.24) is 9.55 Å². The molecule has 0 aliphatic carbocycles. The molecule has 0 radical (unpaired) electrons. The highest BCUT2D eigenvalue weighted by Gasteiger charge is 2.17. The van der Waals surface area contributed by atoms with Crippen molar-refractivity contribution in [2.24, 2.45) is 0 Å². The summed E-state index contributed by atoms with van der Waals surface area (Å²) in [6.45, 7) is 0.961. The van der Waals surface area contributed by atoms with Crippen LogP contribution in [-0.4, -0.2) is 21.2 Å². The van der Waals surface area contributed by atoms with Crippen molar-refractivity contribution in [1.29, 1.82) is 0 Å². The standard InChI is InChI=1S/C22H16FN3O3S/c1-13(27)25-15-7-8-16(18(23)9-15)19(28)10-26-12-24-21-20(22(26)29)17(11-30-21)14-5-3-2-4-6-14/h2-9,11-12H,10H2,1H3,(H,25,27). The van der Waals surface area contributed by atoms with Gasteiger partial charge in [-0.2, -0.15) is 0 Å². The molecule has 0 atom stereocenters. The predicted octanol–water partition coefficient (Wildman–Crippen LogP) is 4.11. The molecule has 2 aromatic carbocycles. The van der Waals surface area contributed by atoms with Gasteiger partial charge in [-0.25, -0.2) is 9.37 Å². The van der Waals surface area contributed by atoms with Gasteiger partial charge in [0.25, 0.3) is 5.56 Å². The fourth-order valence-corrected chi connectivity index (χ4v) is 4.08. The van der Waals surface area contributed by atoms with Gasteiger partial charge in [-0.3, -0.25) is 19.0 Å². The number of aromatic nitrogens is 2. The number of fused-ring (bicyclic) bond motifs is 1. The van der Waals surface area contributed by atoms with Gasteiger partial charge in [-0.1, -0.05) is 30.3 Å². The van der Waals surface area contributed by atoms with Gasteiger partial charge in [0.1, 0.15) is 10.6 Å². The Balaban J connectivity index is 1.68. The third kappa shape index (κ3) is 3.77. The van der Waals surface area contributed by atoms with Crippen molar-refractivity contribution in [2.75, 3.05) is 5.32 Å². The first kappa shape index (κ1) is 19.7. The lowest BCUT2D eigenvalue weighted by Gasteiger charge is -2.08. The van der Waals surface area contributed by atoms with Crippen LogP contribution in [-0.2, 0) is 11.3 Å². The van der Waals surface area contributed by atoms with Gasteiger partial charge >= 0.3 is 0 Å². The number of ketones is 1. The summed E-state index contributed by atoms with van der Waals surface area (Å²) in [5.41, 5.74) is 1.36. The van der Waals surface area contributed by atoms with E-state index >= 15 is 0 Å². The van der Waals surface area contributed by atoms with Crippen LogP contribution in [0.25, 0.3) is 21.3 Å². The molecule has 0 bridgehead atoms. The number of thiophene rings is 1. The van der Waals surface area contributed by atoms with Gasteiger partial charge in [0.2, 0.25) is 5.91 Å². The maximum atomic E-state index is 14.4. The van der Waals surface area contributed by atoms with Crippen molar-refractivity contribution in [3.05, 3.63) is 82.0 Å². The third-order valence-electron chi connectivity index (χ3n) is 4.55. The zero-order valence-corrected chi connectivity index (χ0v) is 16.7. The number of anilines is 1.